The molecule has 1 amide bonds. The van der Waals surface area contributed by atoms with Crippen LogP contribution < -0.4 is 5.32 Å². The molecule has 0 saturated carbocycles. The first-order chi connectivity index (χ1) is 10.1. The van der Waals surface area contributed by atoms with Gasteiger partial charge in [0.1, 0.15) is 0 Å². The molecule has 1 unspecified atom stereocenters. The Morgan fingerprint density at radius 2 is 1.86 bits per heavy atom. The first kappa shape index (κ1) is 15.3. The molecule has 0 spiro atoms. The number of nitrogens with one attached hydrogen (secondary N) is 1. The highest BCUT2D eigenvalue weighted by atomic mass is 16.3. The SMILES string of the molecule is Cc1ccc(C)c(C(=O)NCCC(O)c2ccccc2)c1. The highest BCUT2D eigenvalue weighted by Gasteiger charge is 2.11. The van der Waals surface area contributed by atoms with Gasteiger partial charge in [-0.05, 0) is 37.5 Å². The number of amides is 1. The van der Waals surface area contributed by atoms with Gasteiger partial charge < -0.3 is 10.4 Å². The van der Waals surface area contributed by atoms with Crippen LogP contribution in [0.4, 0.5) is 0 Å². The van der Waals surface area contributed by atoms with Crippen LogP contribution in [-0.2, 0) is 0 Å². The minimum atomic E-state index is -0.551. The van der Waals surface area contributed by atoms with Crippen LogP contribution in [-0.4, -0.2) is 17.6 Å². The van der Waals surface area contributed by atoms with Crippen molar-refractivity contribution in [2.75, 3.05) is 6.54 Å². The molecule has 110 valence electrons. The van der Waals surface area contributed by atoms with Crippen molar-refractivity contribution in [3.63, 3.8) is 0 Å². The van der Waals surface area contributed by atoms with Crippen molar-refractivity contribution in [3.8, 4) is 0 Å². The molecule has 21 heavy (non-hydrogen) atoms. The third kappa shape index (κ3) is 4.17. The highest BCUT2D eigenvalue weighted by Crippen LogP contribution is 2.15. The molecular weight excluding hydrogens is 262 g/mol. The van der Waals surface area contributed by atoms with E-state index in [2.05, 4.69) is 5.32 Å². The first-order valence-electron chi connectivity index (χ1n) is 7.16. The van der Waals surface area contributed by atoms with Crippen LogP contribution in [0.15, 0.2) is 48.5 Å². The van der Waals surface area contributed by atoms with Crippen LogP contribution in [0, 0.1) is 13.8 Å². The number of hydrogen-bond acceptors (Lipinski definition) is 2. The van der Waals surface area contributed by atoms with E-state index in [4.69, 9.17) is 0 Å². The molecule has 0 saturated heterocycles. The van der Waals surface area contributed by atoms with Crippen molar-refractivity contribution in [3.05, 3.63) is 70.8 Å². The Hall–Kier alpha value is -2.13. The van der Waals surface area contributed by atoms with Gasteiger partial charge in [0.15, 0.2) is 0 Å². The summed E-state index contributed by atoms with van der Waals surface area (Å²) < 4.78 is 0. The van der Waals surface area contributed by atoms with Gasteiger partial charge in [-0.3, -0.25) is 4.79 Å². The summed E-state index contributed by atoms with van der Waals surface area (Å²) >= 11 is 0. The van der Waals surface area contributed by atoms with E-state index < -0.39 is 6.10 Å². The zero-order chi connectivity index (χ0) is 15.2. The largest absolute Gasteiger partial charge is 0.388 e. The lowest BCUT2D eigenvalue weighted by Gasteiger charge is -2.12. The smallest absolute Gasteiger partial charge is 0.251 e. The van der Waals surface area contributed by atoms with E-state index in [1.165, 1.54) is 0 Å². The maximum absolute atomic E-state index is 12.1. The van der Waals surface area contributed by atoms with Crippen molar-refractivity contribution in [2.45, 2.75) is 26.4 Å². The lowest BCUT2D eigenvalue weighted by Crippen LogP contribution is -2.26. The third-order valence-corrected chi connectivity index (χ3v) is 3.53. The van der Waals surface area contributed by atoms with Crippen molar-refractivity contribution >= 4 is 5.91 Å². The quantitative estimate of drug-likeness (QED) is 0.885. The molecule has 1 atom stereocenters. The van der Waals surface area contributed by atoms with Gasteiger partial charge in [0, 0.05) is 12.1 Å². The van der Waals surface area contributed by atoms with E-state index in [1.54, 1.807) is 0 Å². The van der Waals surface area contributed by atoms with E-state index >= 15 is 0 Å². The molecule has 2 aromatic carbocycles. The molecule has 0 aliphatic carbocycles. The Bertz CT molecular complexity index is 608. The second kappa shape index (κ2) is 7.04. The Kier molecular flexibility index (Phi) is 5.12. The molecule has 0 radical (unpaired) electrons. The average molecular weight is 283 g/mol. The molecule has 3 nitrogen and oxygen atoms in total. The van der Waals surface area contributed by atoms with Crippen molar-refractivity contribution in [1.29, 1.82) is 0 Å². The monoisotopic (exact) mass is 283 g/mol. The first-order valence-corrected chi connectivity index (χ1v) is 7.16. The molecule has 2 N–H and O–H groups in total. The van der Waals surface area contributed by atoms with Crippen molar-refractivity contribution < 1.29 is 9.90 Å². The maximum Gasteiger partial charge on any atom is 0.251 e. The summed E-state index contributed by atoms with van der Waals surface area (Å²) in [5.41, 5.74) is 3.60. The summed E-state index contributed by atoms with van der Waals surface area (Å²) in [7, 11) is 0. The Balaban J connectivity index is 1.88. The number of carbonyl (C=O) groups excluding carboxylic acids is 1. The van der Waals surface area contributed by atoms with Crippen LogP contribution >= 0.6 is 0 Å². The lowest BCUT2D eigenvalue weighted by atomic mass is 10.0. The van der Waals surface area contributed by atoms with E-state index in [9.17, 15) is 9.90 Å². The minimum Gasteiger partial charge on any atom is -0.388 e. The summed E-state index contributed by atoms with van der Waals surface area (Å²) in [6, 6.07) is 15.3. The highest BCUT2D eigenvalue weighted by molar-refractivity contribution is 5.95. The molecule has 0 aromatic heterocycles. The third-order valence-electron chi connectivity index (χ3n) is 3.53. The number of carbonyl (C=O) groups is 1. The van der Waals surface area contributed by atoms with Crippen LogP contribution in [0.3, 0.4) is 0 Å². The molecule has 0 bridgehead atoms. The number of rotatable bonds is 5. The molecule has 2 aromatic rings. The number of aliphatic hydroxyl groups is 1. The summed E-state index contributed by atoms with van der Waals surface area (Å²) in [6.45, 7) is 4.34. The number of aryl methyl sites for hydroxylation is 2. The van der Waals surface area contributed by atoms with Gasteiger partial charge in [-0.2, -0.15) is 0 Å². The zero-order valence-corrected chi connectivity index (χ0v) is 12.5. The standard InChI is InChI=1S/C18H21NO2/c1-13-8-9-14(2)16(12-13)18(21)19-11-10-17(20)15-6-4-3-5-7-15/h3-9,12,17,20H,10-11H2,1-2H3,(H,19,21). The van der Waals surface area contributed by atoms with Gasteiger partial charge >= 0.3 is 0 Å². The molecule has 0 aliphatic rings. The second-order valence-electron chi connectivity index (χ2n) is 5.29. The molecule has 0 heterocycles. The van der Waals surface area contributed by atoms with Crippen molar-refractivity contribution in [1.82, 2.24) is 5.32 Å². The molecule has 0 fully saturated rings. The molecular formula is C18H21NO2. The van der Waals surface area contributed by atoms with Crippen LogP contribution in [0.2, 0.25) is 0 Å². The maximum atomic E-state index is 12.1. The van der Waals surface area contributed by atoms with E-state index in [0.717, 1.165) is 16.7 Å². The number of aliphatic hydroxyl groups excluding tert-OH is 1. The fraction of sp³-hybridized carbons (Fsp3) is 0.278. The molecule has 3 heteroatoms. The van der Waals surface area contributed by atoms with Gasteiger partial charge in [-0.15, -0.1) is 0 Å². The minimum absolute atomic E-state index is 0.0866. The molecule has 0 aliphatic heterocycles. The summed E-state index contributed by atoms with van der Waals surface area (Å²) in [5, 5.41) is 12.9. The van der Waals surface area contributed by atoms with Crippen molar-refractivity contribution in [2.24, 2.45) is 0 Å². The topological polar surface area (TPSA) is 49.3 Å². The van der Waals surface area contributed by atoms with Gasteiger partial charge in [0.2, 0.25) is 0 Å². The Labute approximate surface area is 125 Å². The summed E-state index contributed by atoms with van der Waals surface area (Å²) in [5.74, 6) is -0.0866. The normalized spacial score (nSPS) is 12.0. The fourth-order valence-corrected chi connectivity index (χ4v) is 2.24. The van der Waals surface area contributed by atoms with Crippen LogP contribution in [0.5, 0.6) is 0 Å². The van der Waals surface area contributed by atoms with Gasteiger partial charge in [0.25, 0.3) is 5.91 Å². The van der Waals surface area contributed by atoms with E-state index in [1.807, 2.05) is 62.4 Å². The molecule has 2 rings (SSSR count). The predicted octanol–water partition coefficient (Wildman–Crippen LogP) is 3.16. The number of hydrogen-bond donors (Lipinski definition) is 2. The van der Waals surface area contributed by atoms with Gasteiger partial charge in [-0.25, -0.2) is 0 Å². The average Bonchev–Trinajstić information content (AvgIpc) is 2.50. The Morgan fingerprint density at radius 3 is 2.57 bits per heavy atom. The second-order valence-corrected chi connectivity index (χ2v) is 5.29. The zero-order valence-electron chi connectivity index (χ0n) is 12.5. The lowest BCUT2D eigenvalue weighted by molar-refractivity contribution is 0.0942. The van der Waals surface area contributed by atoms with E-state index in [0.29, 0.717) is 18.5 Å². The summed E-state index contributed by atoms with van der Waals surface area (Å²) in [4.78, 5) is 12.1. The van der Waals surface area contributed by atoms with Crippen LogP contribution in [0.1, 0.15) is 39.6 Å². The Morgan fingerprint density at radius 1 is 1.14 bits per heavy atom. The van der Waals surface area contributed by atoms with Crippen LogP contribution in [0.25, 0.3) is 0 Å². The fourth-order valence-electron chi connectivity index (χ4n) is 2.24. The van der Waals surface area contributed by atoms with Gasteiger partial charge in [0.05, 0.1) is 6.10 Å². The van der Waals surface area contributed by atoms with E-state index in [-0.39, 0.29) is 5.91 Å². The number of benzene rings is 2. The predicted molar refractivity (Wildman–Crippen MR) is 84.3 cm³/mol. The van der Waals surface area contributed by atoms with Gasteiger partial charge in [-0.1, -0.05) is 48.0 Å². The summed E-state index contributed by atoms with van der Waals surface area (Å²) in [6.07, 6.45) is -0.0502.